The van der Waals surface area contributed by atoms with Crippen LogP contribution in [0.1, 0.15) is 45.4 Å². The molecule has 0 spiro atoms. The Morgan fingerprint density at radius 2 is 2.05 bits per heavy atom. The number of thioether (sulfide) groups is 1. The van der Waals surface area contributed by atoms with Gasteiger partial charge in [-0.3, -0.25) is 0 Å². The second-order valence-corrected chi connectivity index (χ2v) is 8.03. The summed E-state index contributed by atoms with van der Waals surface area (Å²) in [6.45, 7) is 6.16. The fraction of sp³-hybridized carbons (Fsp3) is 0.667. The monoisotopic (exact) mass is 311 g/mol. The largest absolute Gasteiger partial charge is 0.424 e. The van der Waals surface area contributed by atoms with Crippen molar-refractivity contribution in [3.8, 4) is 0 Å². The van der Waals surface area contributed by atoms with Crippen LogP contribution in [0.25, 0.3) is 0 Å². The molecule has 0 saturated heterocycles. The van der Waals surface area contributed by atoms with E-state index >= 15 is 0 Å². The number of nitrogens with one attached hydrogen (secondary N) is 1. The fourth-order valence-corrected chi connectivity index (χ4v) is 3.13. The third-order valence-electron chi connectivity index (χ3n) is 2.74. The third kappa shape index (κ3) is 3.49. The molecule has 108 valence electrons. The first kappa shape index (κ1) is 13.8. The van der Waals surface area contributed by atoms with E-state index in [1.54, 1.807) is 23.1 Å². The average molecular weight is 311 g/mol. The molecular weight excluding hydrogens is 294 g/mol. The number of hydrogen-bond acceptors (Lipinski definition) is 8. The summed E-state index contributed by atoms with van der Waals surface area (Å²) in [5.41, 5.74) is -0.111. The Morgan fingerprint density at radius 3 is 2.70 bits per heavy atom. The Morgan fingerprint density at radius 1 is 1.25 bits per heavy atom. The first-order valence-electron chi connectivity index (χ1n) is 6.56. The highest BCUT2D eigenvalue weighted by Crippen LogP contribution is 2.31. The number of nitrogens with zero attached hydrogens (tertiary/aromatic N) is 4. The maximum Gasteiger partial charge on any atom is 0.226 e. The van der Waals surface area contributed by atoms with Crippen LogP contribution in [0.3, 0.4) is 0 Å². The highest BCUT2D eigenvalue weighted by Gasteiger charge is 2.23. The predicted octanol–water partition coefficient (Wildman–Crippen LogP) is 3.09. The minimum atomic E-state index is -0.111. The summed E-state index contributed by atoms with van der Waals surface area (Å²) in [4.78, 5) is 0. The lowest BCUT2D eigenvalue weighted by atomic mass is 9.97. The van der Waals surface area contributed by atoms with Crippen molar-refractivity contribution in [2.24, 2.45) is 0 Å². The predicted molar refractivity (Wildman–Crippen MR) is 79.1 cm³/mol. The molecule has 1 aliphatic rings. The van der Waals surface area contributed by atoms with Crippen LogP contribution >= 0.6 is 23.1 Å². The topological polar surface area (TPSA) is 76.7 Å². The normalized spacial score (nSPS) is 15.6. The van der Waals surface area contributed by atoms with E-state index in [1.165, 1.54) is 12.8 Å². The van der Waals surface area contributed by atoms with Gasteiger partial charge < -0.3 is 9.73 Å². The first-order chi connectivity index (χ1) is 9.50. The van der Waals surface area contributed by atoms with Gasteiger partial charge in [-0.1, -0.05) is 43.9 Å². The van der Waals surface area contributed by atoms with Gasteiger partial charge in [0.15, 0.2) is 4.34 Å². The summed E-state index contributed by atoms with van der Waals surface area (Å²) in [6.07, 6.45) is 2.47. The van der Waals surface area contributed by atoms with E-state index in [2.05, 4.69) is 46.5 Å². The van der Waals surface area contributed by atoms with Gasteiger partial charge in [-0.15, -0.1) is 20.4 Å². The molecule has 2 aromatic heterocycles. The van der Waals surface area contributed by atoms with Gasteiger partial charge >= 0.3 is 0 Å². The van der Waals surface area contributed by atoms with E-state index < -0.39 is 0 Å². The van der Waals surface area contributed by atoms with Crippen LogP contribution in [0, 0.1) is 0 Å². The van der Waals surface area contributed by atoms with Gasteiger partial charge in [-0.25, -0.2) is 0 Å². The molecule has 1 aliphatic carbocycles. The molecule has 1 saturated carbocycles. The molecule has 2 heterocycles. The van der Waals surface area contributed by atoms with Crippen LogP contribution in [-0.2, 0) is 11.2 Å². The lowest BCUT2D eigenvalue weighted by Crippen LogP contribution is -2.11. The zero-order valence-corrected chi connectivity index (χ0v) is 13.3. The van der Waals surface area contributed by atoms with Crippen LogP contribution < -0.4 is 5.32 Å². The number of anilines is 1. The fourth-order valence-electron chi connectivity index (χ4n) is 1.47. The van der Waals surface area contributed by atoms with E-state index in [9.17, 15) is 0 Å². The average Bonchev–Trinajstić information content (AvgIpc) is 2.90. The molecule has 0 radical (unpaired) electrons. The molecule has 1 fully saturated rings. The van der Waals surface area contributed by atoms with Gasteiger partial charge in [0.1, 0.15) is 0 Å². The number of hydrogen-bond donors (Lipinski definition) is 1. The smallest absolute Gasteiger partial charge is 0.226 e. The molecule has 0 aromatic carbocycles. The maximum absolute atomic E-state index is 5.65. The van der Waals surface area contributed by atoms with Crippen LogP contribution in [0.5, 0.6) is 0 Å². The van der Waals surface area contributed by atoms with E-state index in [1.807, 2.05) is 0 Å². The summed E-state index contributed by atoms with van der Waals surface area (Å²) in [5.74, 6) is 1.93. The SMILES string of the molecule is CC(C)(C)c1nnc(CSc2nnc(NC3CC3)s2)o1. The van der Waals surface area contributed by atoms with Gasteiger partial charge in [0.25, 0.3) is 0 Å². The Bertz CT molecular complexity index is 585. The standard InChI is InChI=1S/C12H17N5OS2/c1-12(2,3)9-15-14-8(18-9)6-19-11-17-16-10(20-11)13-7-4-5-7/h7H,4-6H2,1-3H3,(H,13,16). The second kappa shape index (κ2) is 5.33. The van der Waals surface area contributed by atoms with Gasteiger partial charge in [-0.05, 0) is 12.8 Å². The molecule has 2 aromatic rings. The quantitative estimate of drug-likeness (QED) is 0.850. The minimum Gasteiger partial charge on any atom is -0.424 e. The molecule has 20 heavy (non-hydrogen) atoms. The first-order valence-corrected chi connectivity index (χ1v) is 8.36. The highest BCUT2D eigenvalue weighted by molar-refractivity contribution is 8.00. The van der Waals surface area contributed by atoms with Crippen molar-refractivity contribution < 1.29 is 4.42 Å². The lowest BCUT2D eigenvalue weighted by molar-refractivity contribution is 0.378. The molecule has 0 bridgehead atoms. The summed E-state index contributed by atoms with van der Waals surface area (Å²) in [5, 5.41) is 20.7. The number of aromatic nitrogens is 4. The Balaban J connectivity index is 1.55. The van der Waals surface area contributed by atoms with E-state index in [-0.39, 0.29) is 5.41 Å². The Kier molecular flexibility index (Phi) is 3.68. The zero-order chi connectivity index (χ0) is 14.2. The van der Waals surface area contributed by atoms with Gasteiger partial charge in [-0.2, -0.15) is 0 Å². The number of rotatable bonds is 5. The van der Waals surface area contributed by atoms with E-state index in [0.29, 0.717) is 23.6 Å². The summed E-state index contributed by atoms with van der Waals surface area (Å²) in [6, 6.07) is 0.603. The summed E-state index contributed by atoms with van der Waals surface area (Å²) in [7, 11) is 0. The van der Waals surface area contributed by atoms with E-state index in [4.69, 9.17) is 4.42 Å². The van der Waals surface area contributed by atoms with Gasteiger partial charge in [0.2, 0.25) is 16.9 Å². The molecule has 6 nitrogen and oxygen atoms in total. The van der Waals surface area contributed by atoms with Crippen LogP contribution in [0.15, 0.2) is 8.76 Å². The van der Waals surface area contributed by atoms with Crippen molar-refractivity contribution in [1.82, 2.24) is 20.4 Å². The lowest BCUT2D eigenvalue weighted by Gasteiger charge is -2.10. The molecule has 1 N–H and O–H groups in total. The maximum atomic E-state index is 5.65. The van der Waals surface area contributed by atoms with Crippen molar-refractivity contribution in [3.05, 3.63) is 11.8 Å². The van der Waals surface area contributed by atoms with E-state index in [0.717, 1.165) is 9.47 Å². The Labute approximate surface area is 125 Å². The van der Waals surface area contributed by atoms with Crippen LogP contribution in [0.4, 0.5) is 5.13 Å². The van der Waals surface area contributed by atoms with Crippen LogP contribution in [-0.4, -0.2) is 26.4 Å². The molecule has 8 heteroatoms. The van der Waals surface area contributed by atoms with Gasteiger partial charge in [0, 0.05) is 11.5 Å². The molecule has 0 aliphatic heterocycles. The van der Waals surface area contributed by atoms with Gasteiger partial charge in [0.05, 0.1) is 5.75 Å². The minimum absolute atomic E-state index is 0.111. The van der Waals surface area contributed by atoms with Crippen molar-refractivity contribution in [1.29, 1.82) is 0 Å². The summed E-state index contributed by atoms with van der Waals surface area (Å²) < 4.78 is 6.57. The third-order valence-corrected chi connectivity index (χ3v) is 4.71. The van der Waals surface area contributed by atoms with Crippen LogP contribution in [0.2, 0.25) is 0 Å². The summed E-state index contributed by atoms with van der Waals surface area (Å²) >= 11 is 3.15. The van der Waals surface area contributed by atoms with Crippen molar-refractivity contribution in [2.45, 2.75) is 55.2 Å². The zero-order valence-electron chi connectivity index (χ0n) is 11.7. The molecule has 3 rings (SSSR count). The molecule has 0 atom stereocenters. The molecule has 0 unspecified atom stereocenters. The highest BCUT2D eigenvalue weighted by atomic mass is 32.2. The molecular formula is C12H17N5OS2. The van der Waals surface area contributed by atoms with Crippen molar-refractivity contribution >= 4 is 28.2 Å². The van der Waals surface area contributed by atoms with Crippen molar-refractivity contribution in [3.63, 3.8) is 0 Å². The molecule has 0 amide bonds. The Hall–Kier alpha value is -1.15. The second-order valence-electron chi connectivity index (χ2n) is 5.83. The van der Waals surface area contributed by atoms with Crippen molar-refractivity contribution in [2.75, 3.05) is 5.32 Å².